The molecular weight excluding hydrogens is 473 g/mol. The molecule has 2 aliphatic rings. The van der Waals surface area contributed by atoms with Crippen molar-refractivity contribution < 1.29 is 33.0 Å². The minimum absolute atomic E-state index is 0.0404. The summed E-state index contributed by atoms with van der Waals surface area (Å²) in [4.78, 5) is 26.6. The van der Waals surface area contributed by atoms with E-state index in [4.69, 9.17) is 0 Å². The van der Waals surface area contributed by atoms with Crippen molar-refractivity contribution in [3.8, 4) is 11.1 Å². The quantitative estimate of drug-likeness (QED) is 0.565. The van der Waals surface area contributed by atoms with Crippen molar-refractivity contribution in [3.05, 3.63) is 83.5 Å². The maximum Gasteiger partial charge on any atom is 0.417 e. The van der Waals surface area contributed by atoms with Crippen LogP contribution in [0.25, 0.3) is 11.1 Å². The van der Waals surface area contributed by atoms with Crippen molar-refractivity contribution in [1.82, 2.24) is 10.2 Å². The average Bonchev–Trinajstić information content (AvgIpc) is 3.31. The molecule has 0 spiro atoms. The van der Waals surface area contributed by atoms with Crippen LogP contribution in [0.4, 0.5) is 13.2 Å². The van der Waals surface area contributed by atoms with E-state index in [0.717, 1.165) is 18.1 Å². The largest absolute Gasteiger partial charge is 0.417 e. The fourth-order valence-corrected chi connectivity index (χ4v) is 4.60. The molecule has 4 atom stereocenters. The molecule has 0 bridgehead atoms. The number of nitrogens with zero attached hydrogens (tertiary/aromatic N) is 1. The predicted molar refractivity (Wildman–Crippen MR) is 127 cm³/mol. The molecule has 190 valence electrons. The molecule has 1 aliphatic heterocycles. The fourth-order valence-electron chi connectivity index (χ4n) is 4.60. The molecule has 1 unspecified atom stereocenters. The molecule has 36 heavy (non-hydrogen) atoms. The smallest absolute Gasteiger partial charge is 0.380 e. The van der Waals surface area contributed by atoms with Crippen molar-refractivity contribution in [2.45, 2.75) is 37.8 Å². The Labute approximate surface area is 206 Å². The number of benzene rings is 2. The van der Waals surface area contributed by atoms with Gasteiger partial charge in [0.05, 0.1) is 11.6 Å². The van der Waals surface area contributed by atoms with Crippen molar-refractivity contribution in [2.75, 3.05) is 13.1 Å². The van der Waals surface area contributed by atoms with Crippen LogP contribution in [0, 0.1) is 5.92 Å². The van der Waals surface area contributed by atoms with Gasteiger partial charge in [0.25, 0.3) is 11.8 Å². The van der Waals surface area contributed by atoms with E-state index in [1.807, 2.05) is 18.2 Å². The van der Waals surface area contributed by atoms with Crippen LogP contribution in [-0.2, 0) is 15.8 Å². The summed E-state index contributed by atoms with van der Waals surface area (Å²) in [6.07, 6.45) is -1.71. The zero-order chi connectivity index (χ0) is 26.0. The Balaban J connectivity index is 1.38. The number of carbonyl (C=O) groups excluding carboxylic acids is 2. The van der Waals surface area contributed by atoms with Gasteiger partial charge in [-0.25, -0.2) is 0 Å². The highest BCUT2D eigenvalue weighted by atomic mass is 19.4. The lowest BCUT2D eigenvalue weighted by Gasteiger charge is -2.24. The molecule has 2 aromatic carbocycles. The highest BCUT2D eigenvalue weighted by Crippen LogP contribution is 2.37. The van der Waals surface area contributed by atoms with Crippen LogP contribution in [-0.4, -0.2) is 52.2 Å². The number of halogens is 3. The van der Waals surface area contributed by atoms with E-state index < -0.39 is 41.8 Å². The zero-order valence-electron chi connectivity index (χ0n) is 19.6. The third-order valence-electron chi connectivity index (χ3n) is 6.65. The number of amides is 2. The number of hydrogen-bond donors (Lipinski definition) is 3. The first kappa shape index (κ1) is 25.7. The van der Waals surface area contributed by atoms with Crippen molar-refractivity contribution in [3.63, 3.8) is 0 Å². The number of rotatable bonds is 6. The van der Waals surface area contributed by atoms with Crippen molar-refractivity contribution >= 4 is 11.8 Å². The van der Waals surface area contributed by atoms with E-state index in [1.54, 1.807) is 19.1 Å². The van der Waals surface area contributed by atoms with E-state index in [-0.39, 0.29) is 11.5 Å². The summed E-state index contributed by atoms with van der Waals surface area (Å²) in [6.45, 7) is 2.39. The molecule has 2 aromatic rings. The molecule has 6 nitrogen and oxygen atoms in total. The van der Waals surface area contributed by atoms with Crippen LogP contribution in [0.1, 0.15) is 30.5 Å². The number of likely N-dealkylation sites (tertiary alicyclic amines) is 1. The van der Waals surface area contributed by atoms with Gasteiger partial charge in [-0.1, -0.05) is 60.7 Å². The second-order valence-electron chi connectivity index (χ2n) is 9.11. The van der Waals surface area contributed by atoms with Crippen LogP contribution in [0.3, 0.4) is 0 Å². The molecule has 1 fully saturated rings. The molecule has 9 heteroatoms. The Morgan fingerprint density at radius 2 is 1.75 bits per heavy atom. The third-order valence-corrected chi connectivity index (χ3v) is 6.65. The molecule has 2 amide bonds. The number of alkyl halides is 3. The van der Waals surface area contributed by atoms with Gasteiger partial charge in [0.2, 0.25) is 0 Å². The monoisotopic (exact) mass is 500 g/mol. The third kappa shape index (κ3) is 5.37. The van der Waals surface area contributed by atoms with Crippen LogP contribution >= 0.6 is 0 Å². The minimum Gasteiger partial charge on any atom is -0.380 e. The van der Waals surface area contributed by atoms with Crippen molar-refractivity contribution in [2.24, 2.45) is 5.92 Å². The number of nitrogens with one attached hydrogen (secondary N) is 1. The summed E-state index contributed by atoms with van der Waals surface area (Å²) in [7, 11) is 0. The number of aliphatic hydroxyl groups is 2. The van der Waals surface area contributed by atoms with E-state index in [0.29, 0.717) is 24.2 Å². The van der Waals surface area contributed by atoms with Crippen LogP contribution in [0.15, 0.2) is 72.3 Å². The van der Waals surface area contributed by atoms with Gasteiger partial charge in [-0.15, -0.1) is 0 Å². The second-order valence-corrected chi connectivity index (χ2v) is 9.11. The summed E-state index contributed by atoms with van der Waals surface area (Å²) in [5, 5.41) is 23.2. The normalized spacial score (nSPS) is 19.8. The molecule has 0 aromatic heterocycles. The summed E-state index contributed by atoms with van der Waals surface area (Å²) >= 11 is 0. The fraction of sp³-hybridized carbons (Fsp3) is 0.333. The van der Waals surface area contributed by atoms with Gasteiger partial charge in [0.15, 0.2) is 12.2 Å². The van der Waals surface area contributed by atoms with Gasteiger partial charge in [-0.05, 0) is 41.7 Å². The lowest BCUT2D eigenvalue weighted by Crippen LogP contribution is -2.50. The van der Waals surface area contributed by atoms with Crippen LogP contribution < -0.4 is 5.32 Å². The van der Waals surface area contributed by atoms with Gasteiger partial charge in [0, 0.05) is 19.0 Å². The van der Waals surface area contributed by atoms with Crippen LogP contribution in [0.2, 0.25) is 0 Å². The standard InChI is InChI=1S/C27H27F3N2O4/c1-16(17-10-12-18(13-11-17)21-8-4-5-9-22(21)27(28,29)30)31-25(35)23(33)24(34)26(36)32-14-19-6-2-3-7-20(19)15-32/h2-6,8-13,16,20,23-24,33-34H,7,14-15H2,1H3,(H,31,35)/t16-,20?,23-,24-/m1/s1. The SMILES string of the molecule is C[C@@H](NC(=O)[C@H](O)[C@@H](O)C(=O)N1CC2=CC=CCC2C1)c1ccc(-c2ccccc2C(F)(F)F)cc1. The lowest BCUT2D eigenvalue weighted by atomic mass is 9.95. The molecular formula is C27H27F3N2O4. The van der Waals surface area contributed by atoms with Gasteiger partial charge in [0.1, 0.15) is 0 Å². The molecule has 1 aliphatic carbocycles. The first-order valence-electron chi connectivity index (χ1n) is 11.6. The van der Waals surface area contributed by atoms with Crippen molar-refractivity contribution in [1.29, 1.82) is 0 Å². The van der Waals surface area contributed by atoms with Gasteiger partial charge < -0.3 is 20.4 Å². The topological polar surface area (TPSA) is 89.9 Å². The van der Waals surface area contributed by atoms with E-state index >= 15 is 0 Å². The predicted octanol–water partition coefficient (Wildman–Crippen LogP) is 3.62. The Kier molecular flexibility index (Phi) is 7.33. The molecule has 4 rings (SSSR count). The maximum absolute atomic E-state index is 13.3. The zero-order valence-corrected chi connectivity index (χ0v) is 19.6. The molecule has 3 N–H and O–H groups in total. The van der Waals surface area contributed by atoms with Gasteiger partial charge >= 0.3 is 6.18 Å². The van der Waals surface area contributed by atoms with Gasteiger partial charge in [-0.2, -0.15) is 13.2 Å². The highest BCUT2D eigenvalue weighted by molar-refractivity contribution is 5.91. The number of aliphatic hydroxyl groups excluding tert-OH is 2. The Hall–Kier alpha value is -3.43. The second kappa shape index (κ2) is 10.3. The molecule has 0 radical (unpaired) electrons. The molecule has 1 heterocycles. The Morgan fingerprint density at radius 3 is 2.42 bits per heavy atom. The molecule has 1 saturated heterocycles. The van der Waals surface area contributed by atoms with E-state index in [1.165, 1.54) is 35.2 Å². The Morgan fingerprint density at radius 1 is 1.06 bits per heavy atom. The summed E-state index contributed by atoms with van der Waals surface area (Å²) in [5.41, 5.74) is 1.31. The lowest BCUT2D eigenvalue weighted by molar-refractivity contribution is -0.152. The number of hydrogen-bond acceptors (Lipinski definition) is 4. The summed E-state index contributed by atoms with van der Waals surface area (Å²) in [5.74, 6) is -1.45. The van der Waals surface area contributed by atoms with Crippen LogP contribution in [0.5, 0.6) is 0 Å². The molecule has 0 saturated carbocycles. The number of carbonyl (C=O) groups is 2. The van der Waals surface area contributed by atoms with E-state index in [2.05, 4.69) is 5.32 Å². The minimum atomic E-state index is -4.49. The van der Waals surface area contributed by atoms with E-state index in [9.17, 15) is 33.0 Å². The number of fused-ring (bicyclic) bond motifs is 1. The first-order chi connectivity index (χ1) is 17.1. The summed E-state index contributed by atoms with van der Waals surface area (Å²) in [6, 6.07) is 10.8. The summed E-state index contributed by atoms with van der Waals surface area (Å²) < 4.78 is 40.0. The average molecular weight is 501 g/mol. The highest BCUT2D eigenvalue weighted by Gasteiger charge is 2.38. The van der Waals surface area contributed by atoms with Gasteiger partial charge in [-0.3, -0.25) is 9.59 Å². The first-order valence-corrected chi connectivity index (χ1v) is 11.6. The number of allylic oxidation sites excluding steroid dienone is 3. The maximum atomic E-state index is 13.3. The Bertz CT molecular complexity index is 1190.